The molecule has 1 aromatic rings. The summed E-state index contributed by atoms with van der Waals surface area (Å²) in [5, 5.41) is 2.07. The Morgan fingerprint density at radius 1 is 1.40 bits per heavy atom. The van der Waals surface area contributed by atoms with Crippen LogP contribution in [0.5, 0.6) is 0 Å². The van der Waals surface area contributed by atoms with Crippen LogP contribution in [0, 0.1) is 5.82 Å². The van der Waals surface area contributed by atoms with Gasteiger partial charge >= 0.3 is 0 Å². The van der Waals surface area contributed by atoms with Gasteiger partial charge in [-0.2, -0.15) is 0 Å². The molecule has 1 unspecified atom stereocenters. The average Bonchev–Trinajstić information content (AvgIpc) is 3.02. The standard InChI is InChI=1S/C11H11ClFNO/c12-10(11(15)14-9-5-6-9)7-1-3-8(13)4-2-7/h1-4,9-10H,5-6H2,(H,14,15). The lowest BCUT2D eigenvalue weighted by atomic mass is 10.1. The highest BCUT2D eigenvalue weighted by Gasteiger charge is 2.27. The number of amides is 1. The van der Waals surface area contributed by atoms with Crippen molar-refractivity contribution in [3.63, 3.8) is 0 Å². The van der Waals surface area contributed by atoms with Crippen LogP contribution in [0.2, 0.25) is 0 Å². The molecule has 15 heavy (non-hydrogen) atoms. The van der Waals surface area contributed by atoms with E-state index in [0.717, 1.165) is 12.8 Å². The third kappa shape index (κ3) is 2.69. The average molecular weight is 228 g/mol. The van der Waals surface area contributed by atoms with E-state index < -0.39 is 5.38 Å². The largest absolute Gasteiger partial charge is 0.352 e. The van der Waals surface area contributed by atoms with E-state index in [0.29, 0.717) is 11.6 Å². The first-order valence-electron chi connectivity index (χ1n) is 4.87. The van der Waals surface area contributed by atoms with E-state index >= 15 is 0 Å². The van der Waals surface area contributed by atoms with Crippen molar-refractivity contribution in [1.82, 2.24) is 5.32 Å². The van der Waals surface area contributed by atoms with Gasteiger partial charge in [0.2, 0.25) is 5.91 Å². The van der Waals surface area contributed by atoms with E-state index in [1.807, 2.05) is 0 Å². The van der Waals surface area contributed by atoms with Crippen LogP contribution in [0.1, 0.15) is 23.8 Å². The number of hydrogen-bond acceptors (Lipinski definition) is 1. The first kappa shape index (κ1) is 10.4. The molecule has 1 aliphatic rings. The van der Waals surface area contributed by atoms with Crippen LogP contribution >= 0.6 is 11.6 Å². The summed E-state index contributed by atoms with van der Waals surface area (Å²) in [6, 6.07) is 5.95. The Hall–Kier alpha value is -1.09. The van der Waals surface area contributed by atoms with Crippen LogP contribution in [0.15, 0.2) is 24.3 Å². The number of benzene rings is 1. The summed E-state index contributed by atoms with van der Waals surface area (Å²) in [5.74, 6) is -0.531. The predicted molar refractivity (Wildman–Crippen MR) is 56.2 cm³/mol. The Labute approximate surface area is 92.4 Å². The summed E-state index contributed by atoms with van der Waals surface area (Å²) in [4.78, 5) is 11.5. The van der Waals surface area contributed by atoms with Gasteiger partial charge in [-0.1, -0.05) is 12.1 Å². The number of rotatable bonds is 3. The van der Waals surface area contributed by atoms with Gasteiger partial charge in [-0.15, -0.1) is 11.6 Å². The van der Waals surface area contributed by atoms with Crippen molar-refractivity contribution in [3.8, 4) is 0 Å². The van der Waals surface area contributed by atoms with Crippen molar-refractivity contribution in [3.05, 3.63) is 35.6 Å². The summed E-state index contributed by atoms with van der Waals surface area (Å²) in [5.41, 5.74) is 0.621. The van der Waals surface area contributed by atoms with Crippen molar-refractivity contribution >= 4 is 17.5 Å². The predicted octanol–water partition coefficient (Wildman–Crippen LogP) is 2.38. The summed E-state index contributed by atoms with van der Waals surface area (Å²) in [7, 11) is 0. The lowest BCUT2D eigenvalue weighted by Crippen LogP contribution is -2.28. The van der Waals surface area contributed by atoms with E-state index in [-0.39, 0.29) is 11.7 Å². The maximum absolute atomic E-state index is 12.6. The molecule has 1 fully saturated rings. The minimum absolute atomic E-state index is 0.203. The number of alkyl halides is 1. The molecule has 0 heterocycles. The Kier molecular flexibility index (Phi) is 2.91. The van der Waals surface area contributed by atoms with Crippen molar-refractivity contribution in [2.24, 2.45) is 0 Å². The van der Waals surface area contributed by atoms with Gasteiger partial charge in [-0.3, -0.25) is 4.79 Å². The molecule has 0 aromatic heterocycles. The summed E-state index contributed by atoms with van der Waals surface area (Å²) >= 11 is 5.95. The van der Waals surface area contributed by atoms with E-state index in [1.54, 1.807) is 0 Å². The zero-order valence-electron chi connectivity index (χ0n) is 8.04. The van der Waals surface area contributed by atoms with E-state index in [2.05, 4.69) is 5.32 Å². The van der Waals surface area contributed by atoms with Crippen LogP contribution in [0.4, 0.5) is 4.39 Å². The van der Waals surface area contributed by atoms with E-state index in [9.17, 15) is 9.18 Å². The van der Waals surface area contributed by atoms with Crippen LogP contribution in [-0.2, 0) is 4.79 Å². The second kappa shape index (κ2) is 4.19. The third-order valence-corrected chi connectivity index (χ3v) is 2.77. The molecule has 1 aliphatic carbocycles. The number of halogens is 2. The topological polar surface area (TPSA) is 29.1 Å². The molecular formula is C11H11ClFNO. The molecule has 0 radical (unpaired) electrons. The van der Waals surface area contributed by atoms with Crippen LogP contribution < -0.4 is 5.32 Å². The zero-order chi connectivity index (χ0) is 10.8. The smallest absolute Gasteiger partial charge is 0.242 e. The molecule has 4 heteroatoms. The molecule has 0 spiro atoms. The fourth-order valence-corrected chi connectivity index (χ4v) is 1.49. The first-order valence-corrected chi connectivity index (χ1v) is 5.30. The maximum atomic E-state index is 12.6. The molecule has 1 atom stereocenters. The van der Waals surface area contributed by atoms with Crippen LogP contribution in [-0.4, -0.2) is 11.9 Å². The molecule has 0 bridgehead atoms. The molecule has 1 aromatic carbocycles. The number of carbonyl (C=O) groups is 1. The van der Waals surface area contributed by atoms with Gasteiger partial charge in [0.15, 0.2) is 0 Å². The van der Waals surface area contributed by atoms with Gasteiger partial charge in [0, 0.05) is 6.04 Å². The van der Waals surface area contributed by atoms with Crippen LogP contribution in [0.3, 0.4) is 0 Å². The molecule has 2 rings (SSSR count). The number of hydrogen-bond donors (Lipinski definition) is 1. The Balaban J connectivity index is 2.02. The maximum Gasteiger partial charge on any atom is 0.242 e. The molecule has 1 amide bonds. The minimum atomic E-state index is -0.730. The molecule has 0 aliphatic heterocycles. The van der Waals surface area contributed by atoms with E-state index in [4.69, 9.17) is 11.6 Å². The summed E-state index contributed by atoms with van der Waals surface area (Å²) < 4.78 is 12.6. The highest BCUT2D eigenvalue weighted by atomic mass is 35.5. The second-order valence-corrected chi connectivity index (χ2v) is 4.13. The van der Waals surface area contributed by atoms with Gasteiger partial charge in [0.25, 0.3) is 0 Å². The monoisotopic (exact) mass is 227 g/mol. The Morgan fingerprint density at radius 2 is 2.00 bits per heavy atom. The summed E-state index contributed by atoms with van der Waals surface area (Å²) in [6.07, 6.45) is 2.05. The lowest BCUT2D eigenvalue weighted by Gasteiger charge is -2.09. The molecule has 2 nitrogen and oxygen atoms in total. The Bertz CT molecular complexity index is 361. The van der Waals surface area contributed by atoms with Gasteiger partial charge in [0.1, 0.15) is 11.2 Å². The van der Waals surface area contributed by atoms with Gasteiger partial charge in [-0.25, -0.2) is 4.39 Å². The third-order valence-electron chi connectivity index (χ3n) is 2.32. The van der Waals surface area contributed by atoms with E-state index in [1.165, 1.54) is 24.3 Å². The lowest BCUT2D eigenvalue weighted by molar-refractivity contribution is -0.121. The van der Waals surface area contributed by atoms with Crippen molar-refractivity contribution in [1.29, 1.82) is 0 Å². The molecule has 80 valence electrons. The molecular weight excluding hydrogens is 217 g/mol. The SMILES string of the molecule is O=C(NC1CC1)C(Cl)c1ccc(F)cc1. The number of nitrogens with one attached hydrogen (secondary N) is 1. The van der Waals surface area contributed by atoms with Crippen LogP contribution in [0.25, 0.3) is 0 Å². The molecule has 1 N–H and O–H groups in total. The van der Waals surface area contributed by atoms with Gasteiger partial charge < -0.3 is 5.32 Å². The van der Waals surface area contributed by atoms with Gasteiger partial charge in [-0.05, 0) is 30.5 Å². The second-order valence-electron chi connectivity index (χ2n) is 3.70. The number of carbonyl (C=O) groups excluding carboxylic acids is 1. The first-order chi connectivity index (χ1) is 7.16. The van der Waals surface area contributed by atoms with Gasteiger partial charge in [0.05, 0.1) is 0 Å². The van der Waals surface area contributed by atoms with Crippen molar-refractivity contribution < 1.29 is 9.18 Å². The van der Waals surface area contributed by atoms with Crippen molar-refractivity contribution in [2.75, 3.05) is 0 Å². The molecule has 0 saturated heterocycles. The normalized spacial score (nSPS) is 17.2. The highest BCUT2D eigenvalue weighted by molar-refractivity contribution is 6.30. The zero-order valence-corrected chi connectivity index (χ0v) is 8.80. The fraction of sp³-hybridized carbons (Fsp3) is 0.364. The highest BCUT2D eigenvalue weighted by Crippen LogP contribution is 2.24. The Morgan fingerprint density at radius 3 is 2.53 bits per heavy atom. The molecule has 1 saturated carbocycles. The minimum Gasteiger partial charge on any atom is -0.352 e. The van der Waals surface area contributed by atoms with Crippen molar-refractivity contribution in [2.45, 2.75) is 24.3 Å². The quantitative estimate of drug-likeness (QED) is 0.790. The summed E-state index contributed by atoms with van der Waals surface area (Å²) in [6.45, 7) is 0. The fourth-order valence-electron chi connectivity index (χ4n) is 1.29.